The van der Waals surface area contributed by atoms with Gasteiger partial charge in [-0.3, -0.25) is 4.79 Å². The maximum absolute atomic E-state index is 13.4. The number of carbonyl (C=O) groups excluding carboxylic acids is 1. The Morgan fingerprint density at radius 3 is 2.22 bits per heavy atom. The van der Waals surface area contributed by atoms with E-state index in [-0.39, 0.29) is 18.9 Å². The van der Waals surface area contributed by atoms with Crippen LogP contribution >= 0.6 is 64.2 Å². The molecule has 0 aliphatic carbocycles. The summed E-state index contributed by atoms with van der Waals surface area (Å²) in [6.45, 7) is 2.89. The van der Waals surface area contributed by atoms with Crippen LogP contribution in [0.2, 0.25) is 0 Å². The van der Waals surface area contributed by atoms with Gasteiger partial charge in [0.2, 0.25) is 5.91 Å². The highest BCUT2D eigenvalue weighted by Gasteiger charge is 2.21. The van der Waals surface area contributed by atoms with Crippen LogP contribution in [0.3, 0.4) is 0 Å². The summed E-state index contributed by atoms with van der Waals surface area (Å²) < 4.78 is 30.4. The van der Waals surface area contributed by atoms with Gasteiger partial charge in [-0.15, -0.1) is 0 Å². The van der Waals surface area contributed by atoms with Crippen LogP contribution in [0.15, 0.2) is 75.7 Å². The quantitative estimate of drug-likeness (QED) is 0.199. The summed E-state index contributed by atoms with van der Waals surface area (Å²) in [5, 5.41) is 16.3. The summed E-state index contributed by atoms with van der Waals surface area (Å²) in [6, 6.07) is 18.5. The fourth-order valence-corrected chi connectivity index (χ4v) is 4.80. The van der Waals surface area contributed by atoms with Gasteiger partial charge in [-0.25, -0.2) is 8.78 Å². The molecule has 37 heavy (non-hydrogen) atoms. The Hall–Kier alpha value is -1.21. The van der Waals surface area contributed by atoms with E-state index in [2.05, 4.69) is 86.9 Å². The van der Waals surface area contributed by atoms with E-state index in [9.17, 15) is 18.7 Å². The number of halogens is 6. The van der Waals surface area contributed by atoms with Gasteiger partial charge in [-0.05, 0) is 53.4 Å². The summed E-state index contributed by atoms with van der Waals surface area (Å²) in [5.74, 6) is -1.72. The van der Waals surface area contributed by atoms with Crippen LogP contribution in [0.4, 0.5) is 8.78 Å². The van der Waals surface area contributed by atoms with Gasteiger partial charge in [0.05, 0.1) is 12.1 Å². The number of hydrogen-bond donors (Lipinski definition) is 3. The van der Waals surface area contributed by atoms with Crippen molar-refractivity contribution >= 4 is 70.1 Å². The van der Waals surface area contributed by atoms with E-state index in [1.807, 2.05) is 36.4 Å². The molecule has 0 bridgehead atoms. The zero-order chi connectivity index (χ0) is 27.4. The summed E-state index contributed by atoms with van der Waals surface area (Å²) >= 11 is 13.4. The number of benzene rings is 3. The Balaban J connectivity index is 0.000000402. The molecule has 3 N–H and O–H groups in total. The lowest BCUT2D eigenvalue weighted by molar-refractivity contribution is -0.120. The number of carbonyl (C=O) groups is 1. The lowest BCUT2D eigenvalue weighted by Gasteiger charge is -2.24. The molecule has 3 rings (SSSR count). The van der Waals surface area contributed by atoms with Crippen molar-refractivity contribution < 1.29 is 18.7 Å². The van der Waals surface area contributed by atoms with Crippen LogP contribution in [-0.2, 0) is 24.3 Å². The van der Waals surface area contributed by atoms with Crippen LogP contribution in [0.5, 0.6) is 0 Å². The molecule has 3 aromatic rings. The first-order valence-corrected chi connectivity index (χ1v) is 14.2. The first-order chi connectivity index (χ1) is 17.5. The molecule has 0 radical (unpaired) electrons. The molecular weight excluding hydrogens is 744 g/mol. The minimum absolute atomic E-state index is 0.109. The second-order valence-electron chi connectivity index (χ2n) is 8.17. The van der Waals surface area contributed by atoms with Crippen LogP contribution in [-0.4, -0.2) is 32.7 Å². The number of aliphatic hydroxyl groups excluding tert-OH is 1. The zero-order valence-corrected chi connectivity index (χ0v) is 26.2. The Morgan fingerprint density at radius 2 is 1.62 bits per heavy atom. The molecule has 11 heteroatoms. The maximum Gasteiger partial charge on any atom is 0.217 e. The van der Waals surface area contributed by atoms with E-state index in [0.29, 0.717) is 12.1 Å². The standard InChI is InChI=1S/C19H20Br2F2N2O2.C7H7Br2N/c1-11(26)25-18(6-12-4-15(22)8-16(23)5-12)19(27)10-24-9-13-7-14(20)2-3-17(13)21;8-10(9)6-7-4-2-1-3-5-7/h2-5,7-8,18-19,24,27H,6,9-10H2,1H3,(H,25,26);1-5H,6H2/t18-,19+;/m0./s1. The van der Waals surface area contributed by atoms with Gasteiger partial charge in [-0.2, -0.15) is 2.95 Å². The molecule has 5 nitrogen and oxygen atoms in total. The fraction of sp³-hybridized carbons (Fsp3) is 0.269. The van der Waals surface area contributed by atoms with Gasteiger partial charge in [0.1, 0.15) is 11.6 Å². The van der Waals surface area contributed by atoms with E-state index < -0.39 is 23.8 Å². The van der Waals surface area contributed by atoms with E-state index >= 15 is 0 Å². The second-order valence-corrected chi connectivity index (χ2v) is 12.6. The van der Waals surface area contributed by atoms with Crippen LogP contribution < -0.4 is 10.6 Å². The third kappa shape index (κ3) is 12.9. The van der Waals surface area contributed by atoms with E-state index in [4.69, 9.17) is 0 Å². The summed E-state index contributed by atoms with van der Waals surface area (Å²) in [4.78, 5) is 11.5. The second kappa shape index (κ2) is 16.7. The van der Waals surface area contributed by atoms with Crippen molar-refractivity contribution in [2.75, 3.05) is 6.54 Å². The molecule has 0 spiro atoms. The summed E-state index contributed by atoms with van der Waals surface area (Å²) in [5.41, 5.74) is 2.64. The molecule has 1 amide bonds. The van der Waals surface area contributed by atoms with Crippen molar-refractivity contribution in [1.82, 2.24) is 13.6 Å². The van der Waals surface area contributed by atoms with Crippen LogP contribution in [0.25, 0.3) is 0 Å². The first-order valence-electron chi connectivity index (χ1n) is 11.2. The Kier molecular flexibility index (Phi) is 14.4. The SMILES string of the molecule is BrN(Br)Cc1ccccc1.CC(=O)N[C@@H](Cc1cc(F)cc(F)c1)[C@H](O)CNCc1cc(Br)ccc1Br. The minimum atomic E-state index is -0.939. The minimum Gasteiger partial charge on any atom is -0.390 e. The average molecular weight is 771 g/mol. The van der Waals surface area contributed by atoms with Gasteiger partial charge in [0.15, 0.2) is 0 Å². The molecule has 2 atom stereocenters. The fourth-order valence-electron chi connectivity index (χ4n) is 3.42. The predicted octanol–water partition coefficient (Wildman–Crippen LogP) is 6.80. The normalized spacial score (nSPS) is 12.5. The van der Waals surface area contributed by atoms with Crippen molar-refractivity contribution in [2.45, 2.75) is 38.6 Å². The molecule has 0 heterocycles. The summed E-state index contributed by atoms with van der Waals surface area (Å²) in [6.07, 6.45) is -0.830. The van der Waals surface area contributed by atoms with Crippen LogP contribution in [0.1, 0.15) is 23.6 Å². The maximum atomic E-state index is 13.4. The van der Waals surface area contributed by atoms with Crippen molar-refractivity contribution in [2.24, 2.45) is 0 Å². The Bertz CT molecular complexity index is 1120. The van der Waals surface area contributed by atoms with Gasteiger partial charge in [-0.1, -0.05) is 62.2 Å². The van der Waals surface area contributed by atoms with Gasteiger partial charge in [0.25, 0.3) is 0 Å². The highest BCUT2D eigenvalue weighted by molar-refractivity contribution is 9.21. The molecule has 0 aliphatic rings. The lowest BCUT2D eigenvalue weighted by atomic mass is 10.0. The Morgan fingerprint density at radius 1 is 0.973 bits per heavy atom. The van der Waals surface area contributed by atoms with Crippen molar-refractivity contribution in [3.8, 4) is 0 Å². The van der Waals surface area contributed by atoms with Crippen molar-refractivity contribution in [3.05, 3.63) is 104 Å². The van der Waals surface area contributed by atoms with Gasteiger partial charge < -0.3 is 15.7 Å². The third-order valence-electron chi connectivity index (χ3n) is 5.05. The van der Waals surface area contributed by atoms with Crippen LogP contribution in [0, 0.1) is 11.6 Å². The number of aliphatic hydroxyl groups is 1. The smallest absolute Gasteiger partial charge is 0.217 e. The largest absolute Gasteiger partial charge is 0.390 e. The van der Waals surface area contributed by atoms with E-state index in [1.54, 1.807) is 2.95 Å². The van der Waals surface area contributed by atoms with E-state index in [0.717, 1.165) is 27.1 Å². The number of nitrogens with zero attached hydrogens (tertiary/aromatic N) is 1. The number of hydrogen-bond acceptors (Lipinski definition) is 4. The lowest BCUT2D eigenvalue weighted by Crippen LogP contribution is -2.48. The molecule has 0 aromatic heterocycles. The average Bonchev–Trinajstić information content (AvgIpc) is 2.80. The molecule has 0 aliphatic heterocycles. The number of rotatable bonds is 10. The highest BCUT2D eigenvalue weighted by Crippen LogP contribution is 2.21. The number of nitrogens with one attached hydrogen (secondary N) is 2. The van der Waals surface area contributed by atoms with Crippen molar-refractivity contribution in [1.29, 1.82) is 0 Å². The predicted molar refractivity (Wildman–Crippen MR) is 157 cm³/mol. The molecular formula is C26H27Br4F2N3O2. The monoisotopic (exact) mass is 767 g/mol. The first kappa shape index (κ1) is 32.0. The van der Waals surface area contributed by atoms with Crippen molar-refractivity contribution in [3.63, 3.8) is 0 Å². The topological polar surface area (TPSA) is 64.6 Å². The summed E-state index contributed by atoms with van der Waals surface area (Å²) in [7, 11) is 0. The number of amides is 1. The molecule has 0 saturated carbocycles. The van der Waals surface area contributed by atoms with E-state index in [1.165, 1.54) is 24.6 Å². The molecule has 3 aromatic carbocycles. The molecule has 200 valence electrons. The zero-order valence-electron chi connectivity index (χ0n) is 19.9. The molecule has 0 saturated heterocycles. The molecule has 0 unspecified atom stereocenters. The van der Waals surface area contributed by atoms with Gasteiger partial charge >= 0.3 is 0 Å². The third-order valence-corrected chi connectivity index (χ3v) is 6.82. The van der Waals surface area contributed by atoms with Gasteiger partial charge in [0, 0.05) is 73.9 Å². The Labute approximate surface area is 250 Å². The highest BCUT2D eigenvalue weighted by atomic mass is 79.9. The molecule has 0 fully saturated rings.